The highest BCUT2D eigenvalue weighted by molar-refractivity contribution is 7.21. The summed E-state index contributed by atoms with van der Waals surface area (Å²) in [5.41, 5.74) is 0.603. The molecule has 2 aromatic heterocycles. The summed E-state index contributed by atoms with van der Waals surface area (Å²) in [5, 5.41) is 5.88. The first-order chi connectivity index (χ1) is 13.2. The molecule has 0 unspecified atom stereocenters. The van der Waals surface area contributed by atoms with Crippen molar-refractivity contribution in [3.63, 3.8) is 0 Å². The van der Waals surface area contributed by atoms with Crippen molar-refractivity contribution in [1.29, 1.82) is 0 Å². The molecule has 0 bridgehead atoms. The molecule has 1 aliphatic rings. The van der Waals surface area contributed by atoms with Gasteiger partial charge in [0.1, 0.15) is 15.7 Å². The number of aromatic nitrogens is 1. The fraction of sp³-hybridized carbons (Fsp3) is 0.300. The maximum absolute atomic E-state index is 13.8. The van der Waals surface area contributed by atoms with Crippen molar-refractivity contribution in [3.8, 4) is 9.88 Å². The van der Waals surface area contributed by atoms with Crippen LogP contribution in [0.2, 0.25) is 0 Å². The smallest absolute Gasteiger partial charge is 0.263 e. The lowest BCUT2D eigenvalue weighted by Crippen LogP contribution is -2.44. The Morgan fingerprint density at radius 1 is 1.26 bits per heavy atom. The van der Waals surface area contributed by atoms with Gasteiger partial charge in [0, 0.05) is 25.2 Å². The number of benzene rings is 1. The summed E-state index contributed by atoms with van der Waals surface area (Å²) >= 11 is 2.99. The summed E-state index contributed by atoms with van der Waals surface area (Å²) in [6.07, 6.45) is 3.12. The molecule has 1 N–H and O–H groups in total. The Labute approximate surface area is 165 Å². The molecule has 27 heavy (non-hydrogen) atoms. The SMILES string of the molecule is O=C(NCC1(c2cccc(F)c2)CCOCC1)c1cnc(-c2cccs2)s1. The number of nitrogens with one attached hydrogen (secondary N) is 1. The van der Waals surface area contributed by atoms with Gasteiger partial charge in [0.25, 0.3) is 5.91 Å². The summed E-state index contributed by atoms with van der Waals surface area (Å²) < 4.78 is 19.3. The lowest BCUT2D eigenvalue weighted by atomic mass is 9.74. The molecule has 4 rings (SSSR count). The van der Waals surface area contributed by atoms with Gasteiger partial charge in [-0.1, -0.05) is 18.2 Å². The van der Waals surface area contributed by atoms with E-state index in [1.165, 1.54) is 17.4 Å². The summed E-state index contributed by atoms with van der Waals surface area (Å²) in [5.74, 6) is -0.398. The summed E-state index contributed by atoms with van der Waals surface area (Å²) in [4.78, 5) is 18.7. The molecule has 1 saturated heterocycles. The third kappa shape index (κ3) is 3.95. The van der Waals surface area contributed by atoms with Gasteiger partial charge in [-0.2, -0.15) is 0 Å². The van der Waals surface area contributed by atoms with Crippen LogP contribution in [0.1, 0.15) is 28.1 Å². The number of ether oxygens (including phenoxy) is 1. The molecule has 1 aromatic carbocycles. The number of amides is 1. The van der Waals surface area contributed by atoms with Crippen LogP contribution in [0, 0.1) is 5.82 Å². The lowest BCUT2D eigenvalue weighted by Gasteiger charge is -2.38. The highest BCUT2D eigenvalue weighted by Gasteiger charge is 2.35. The fourth-order valence-electron chi connectivity index (χ4n) is 3.38. The summed E-state index contributed by atoms with van der Waals surface area (Å²) in [7, 11) is 0. The third-order valence-electron chi connectivity index (χ3n) is 4.94. The first kappa shape index (κ1) is 18.3. The summed E-state index contributed by atoms with van der Waals surface area (Å²) in [6.45, 7) is 1.66. The number of nitrogens with zero attached hydrogens (tertiary/aromatic N) is 1. The van der Waals surface area contributed by atoms with Gasteiger partial charge in [-0.05, 0) is 42.0 Å². The molecule has 0 aliphatic carbocycles. The number of thiophene rings is 1. The number of rotatable bonds is 5. The van der Waals surface area contributed by atoms with Crippen LogP contribution in [-0.4, -0.2) is 30.6 Å². The Balaban J connectivity index is 1.50. The Morgan fingerprint density at radius 2 is 2.11 bits per heavy atom. The van der Waals surface area contributed by atoms with Crippen molar-refractivity contribution in [2.75, 3.05) is 19.8 Å². The zero-order chi connectivity index (χ0) is 18.7. The number of hydrogen-bond acceptors (Lipinski definition) is 5. The number of thiazole rings is 1. The topological polar surface area (TPSA) is 51.2 Å². The van der Waals surface area contributed by atoms with Crippen molar-refractivity contribution in [3.05, 3.63) is 64.2 Å². The average molecular weight is 403 g/mol. The van der Waals surface area contributed by atoms with Crippen LogP contribution in [0.25, 0.3) is 9.88 Å². The molecule has 0 radical (unpaired) electrons. The van der Waals surface area contributed by atoms with Crippen molar-refractivity contribution >= 4 is 28.6 Å². The van der Waals surface area contributed by atoms with Gasteiger partial charge in [0.15, 0.2) is 0 Å². The third-order valence-corrected chi connectivity index (χ3v) is 6.97. The van der Waals surface area contributed by atoms with Gasteiger partial charge in [0.05, 0.1) is 11.1 Å². The molecule has 1 amide bonds. The minimum atomic E-state index is -0.308. The zero-order valence-electron chi connectivity index (χ0n) is 14.6. The second kappa shape index (κ2) is 7.88. The van der Waals surface area contributed by atoms with Crippen LogP contribution >= 0.6 is 22.7 Å². The van der Waals surface area contributed by atoms with Gasteiger partial charge in [-0.25, -0.2) is 9.37 Å². The van der Waals surface area contributed by atoms with E-state index in [0.29, 0.717) is 24.6 Å². The zero-order valence-corrected chi connectivity index (χ0v) is 16.2. The van der Waals surface area contributed by atoms with Crippen LogP contribution in [0.5, 0.6) is 0 Å². The quantitative estimate of drug-likeness (QED) is 0.684. The average Bonchev–Trinajstić information content (AvgIpc) is 3.38. The van der Waals surface area contributed by atoms with Gasteiger partial charge >= 0.3 is 0 Å². The minimum Gasteiger partial charge on any atom is -0.381 e. The predicted octanol–water partition coefficient (Wildman–Crippen LogP) is 4.49. The normalized spacial score (nSPS) is 16.2. The maximum Gasteiger partial charge on any atom is 0.263 e. The van der Waals surface area contributed by atoms with Crippen molar-refractivity contribution in [2.24, 2.45) is 0 Å². The highest BCUT2D eigenvalue weighted by Crippen LogP contribution is 2.35. The first-order valence-corrected chi connectivity index (χ1v) is 10.5. The second-order valence-corrected chi connectivity index (χ2v) is 8.57. The van der Waals surface area contributed by atoms with Crippen LogP contribution in [-0.2, 0) is 10.2 Å². The lowest BCUT2D eigenvalue weighted by molar-refractivity contribution is 0.0486. The standard InChI is InChI=1S/C20H19FN2O2S2/c21-15-4-1-3-14(11-15)20(6-8-25-9-7-20)13-23-18(24)17-12-22-19(27-17)16-5-2-10-26-16/h1-5,10-12H,6-9,13H2,(H,23,24). The van der Waals surface area contributed by atoms with Crippen LogP contribution in [0.15, 0.2) is 48.0 Å². The summed E-state index contributed by atoms with van der Waals surface area (Å²) in [6, 6.07) is 10.6. The highest BCUT2D eigenvalue weighted by atomic mass is 32.1. The molecule has 0 atom stereocenters. The Morgan fingerprint density at radius 3 is 2.85 bits per heavy atom. The van der Waals surface area contributed by atoms with Gasteiger partial charge in [-0.3, -0.25) is 4.79 Å². The van der Waals surface area contributed by atoms with Gasteiger partial charge < -0.3 is 10.1 Å². The molecule has 1 aliphatic heterocycles. The molecule has 0 saturated carbocycles. The largest absolute Gasteiger partial charge is 0.381 e. The molecule has 3 aromatic rings. The molecular formula is C20H19FN2O2S2. The van der Waals surface area contributed by atoms with E-state index in [0.717, 1.165) is 28.3 Å². The van der Waals surface area contributed by atoms with Crippen molar-refractivity contribution < 1.29 is 13.9 Å². The second-order valence-electron chi connectivity index (χ2n) is 6.59. The van der Waals surface area contributed by atoms with Crippen molar-refractivity contribution in [1.82, 2.24) is 10.3 Å². The first-order valence-electron chi connectivity index (χ1n) is 8.78. The predicted molar refractivity (Wildman–Crippen MR) is 106 cm³/mol. The molecule has 140 valence electrons. The molecule has 7 heteroatoms. The van der Waals surface area contributed by atoms with E-state index >= 15 is 0 Å². The molecule has 0 spiro atoms. The molecule has 3 heterocycles. The van der Waals surface area contributed by atoms with Crippen molar-refractivity contribution in [2.45, 2.75) is 18.3 Å². The van der Waals surface area contributed by atoms with E-state index in [-0.39, 0.29) is 17.1 Å². The minimum absolute atomic E-state index is 0.141. The fourth-order valence-corrected chi connectivity index (χ4v) is 5.01. The van der Waals surface area contributed by atoms with Gasteiger partial charge in [0.2, 0.25) is 0 Å². The van der Waals surface area contributed by atoms with E-state index in [2.05, 4.69) is 10.3 Å². The molecule has 4 nitrogen and oxygen atoms in total. The number of halogens is 1. The number of carbonyl (C=O) groups excluding carboxylic acids is 1. The Bertz CT molecular complexity index is 918. The van der Waals surface area contributed by atoms with E-state index in [4.69, 9.17) is 4.74 Å². The van der Waals surface area contributed by atoms with Crippen LogP contribution in [0.4, 0.5) is 4.39 Å². The van der Waals surface area contributed by atoms with E-state index in [9.17, 15) is 9.18 Å². The van der Waals surface area contributed by atoms with Crippen LogP contribution in [0.3, 0.4) is 0 Å². The number of hydrogen-bond donors (Lipinski definition) is 1. The van der Waals surface area contributed by atoms with E-state index in [1.54, 1.807) is 29.7 Å². The van der Waals surface area contributed by atoms with E-state index < -0.39 is 0 Å². The Kier molecular flexibility index (Phi) is 5.33. The van der Waals surface area contributed by atoms with E-state index in [1.807, 2.05) is 23.6 Å². The monoisotopic (exact) mass is 402 g/mol. The maximum atomic E-state index is 13.8. The Hall–Kier alpha value is -2.09. The number of carbonyl (C=O) groups is 1. The molecule has 1 fully saturated rings. The van der Waals surface area contributed by atoms with Crippen LogP contribution < -0.4 is 5.32 Å². The van der Waals surface area contributed by atoms with Gasteiger partial charge in [-0.15, -0.1) is 22.7 Å². The molecular weight excluding hydrogens is 383 g/mol.